The molecule has 1 N–H and O–H groups in total. The lowest BCUT2D eigenvalue weighted by Gasteiger charge is -2.36. The van der Waals surface area contributed by atoms with Crippen LogP contribution in [0.15, 0.2) is 0 Å². The number of ether oxygens (including phenoxy) is 1. The normalized spacial score (nSPS) is 23.3. The van der Waals surface area contributed by atoms with Gasteiger partial charge in [-0.2, -0.15) is 0 Å². The Labute approximate surface area is 110 Å². The molecule has 0 aromatic rings. The Morgan fingerprint density at radius 1 is 1.44 bits per heavy atom. The summed E-state index contributed by atoms with van der Waals surface area (Å²) in [7, 11) is 0. The molecule has 106 valence electrons. The Balaban J connectivity index is 2.38. The van der Waals surface area contributed by atoms with E-state index in [1.165, 1.54) is 6.42 Å². The predicted octanol–water partition coefficient (Wildman–Crippen LogP) is 1.61. The van der Waals surface area contributed by atoms with Crippen molar-refractivity contribution in [3.63, 3.8) is 0 Å². The topological polar surface area (TPSA) is 49.8 Å². The fraction of sp³-hybridized carbons (Fsp3) is 0.929. The van der Waals surface area contributed by atoms with Crippen molar-refractivity contribution in [2.75, 3.05) is 19.7 Å². The minimum absolute atomic E-state index is 0.147. The largest absolute Gasteiger partial charge is 0.389 e. The summed E-state index contributed by atoms with van der Waals surface area (Å²) in [4.78, 5) is 13.5. The number of likely N-dealkylation sites (tertiary alicyclic amines) is 1. The van der Waals surface area contributed by atoms with E-state index in [0.29, 0.717) is 25.6 Å². The monoisotopic (exact) mass is 257 g/mol. The van der Waals surface area contributed by atoms with E-state index in [9.17, 15) is 9.90 Å². The van der Waals surface area contributed by atoms with Gasteiger partial charge in [0.15, 0.2) is 0 Å². The van der Waals surface area contributed by atoms with Crippen molar-refractivity contribution in [2.24, 2.45) is 0 Å². The second kappa shape index (κ2) is 7.87. The molecule has 0 radical (unpaired) electrons. The first-order valence-electron chi connectivity index (χ1n) is 7.02. The summed E-state index contributed by atoms with van der Waals surface area (Å²) in [6.45, 7) is 7.55. The zero-order valence-electron chi connectivity index (χ0n) is 11.9. The molecule has 1 saturated heterocycles. The maximum atomic E-state index is 11.2. The van der Waals surface area contributed by atoms with Gasteiger partial charge in [-0.25, -0.2) is 0 Å². The number of aliphatic hydroxyl groups is 1. The number of piperidine rings is 1. The van der Waals surface area contributed by atoms with Crippen LogP contribution in [-0.4, -0.2) is 53.7 Å². The van der Waals surface area contributed by atoms with Gasteiger partial charge in [0, 0.05) is 19.0 Å². The summed E-state index contributed by atoms with van der Waals surface area (Å²) in [6.07, 6.45) is 3.71. The van der Waals surface area contributed by atoms with Crippen LogP contribution < -0.4 is 0 Å². The van der Waals surface area contributed by atoms with Gasteiger partial charge in [0.2, 0.25) is 0 Å². The molecular weight excluding hydrogens is 230 g/mol. The highest BCUT2D eigenvalue weighted by Crippen LogP contribution is 2.20. The van der Waals surface area contributed by atoms with Crippen LogP contribution in [0.25, 0.3) is 0 Å². The third-order valence-corrected chi connectivity index (χ3v) is 3.34. The molecule has 4 nitrogen and oxygen atoms in total. The molecule has 2 atom stereocenters. The second-order valence-electron chi connectivity index (χ2n) is 5.59. The summed E-state index contributed by atoms with van der Waals surface area (Å²) in [5.41, 5.74) is 0. The molecule has 0 spiro atoms. The van der Waals surface area contributed by atoms with Crippen molar-refractivity contribution < 1.29 is 14.6 Å². The van der Waals surface area contributed by atoms with Crippen LogP contribution in [0.4, 0.5) is 0 Å². The molecule has 1 aliphatic rings. The minimum atomic E-state index is -0.458. The molecule has 1 rings (SSSR count). The van der Waals surface area contributed by atoms with Crippen molar-refractivity contribution in [3.05, 3.63) is 0 Å². The molecule has 1 fully saturated rings. The number of Topliss-reactive ketones (excluding diaryl/α,β-unsaturated/α-hetero) is 1. The fourth-order valence-corrected chi connectivity index (χ4v) is 2.49. The van der Waals surface area contributed by atoms with Gasteiger partial charge in [-0.15, -0.1) is 0 Å². The minimum Gasteiger partial charge on any atom is -0.389 e. The molecule has 2 unspecified atom stereocenters. The Hall–Kier alpha value is -0.450. The van der Waals surface area contributed by atoms with Crippen LogP contribution in [0.1, 0.15) is 46.5 Å². The second-order valence-corrected chi connectivity index (χ2v) is 5.59. The third-order valence-electron chi connectivity index (χ3n) is 3.34. The van der Waals surface area contributed by atoms with Gasteiger partial charge in [0.05, 0.1) is 18.8 Å². The van der Waals surface area contributed by atoms with Crippen LogP contribution in [0.5, 0.6) is 0 Å². The molecule has 4 heteroatoms. The average molecular weight is 257 g/mol. The number of hydrogen-bond donors (Lipinski definition) is 1. The SMILES string of the molecule is CC(=O)CC1CCCCN1CC(O)COC(C)C. The number of nitrogens with zero attached hydrogens (tertiary/aromatic N) is 1. The Morgan fingerprint density at radius 3 is 2.78 bits per heavy atom. The number of carbonyl (C=O) groups excluding carboxylic acids is 1. The van der Waals surface area contributed by atoms with Gasteiger partial charge in [-0.3, -0.25) is 9.69 Å². The Morgan fingerprint density at radius 2 is 2.17 bits per heavy atom. The predicted molar refractivity (Wildman–Crippen MR) is 71.6 cm³/mol. The number of rotatable bonds is 7. The number of β-amino-alcohol motifs (C(OH)–C–C–N with tert-alkyl or cyclic N) is 1. The lowest BCUT2D eigenvalue weighted by Crippen LogP contribution is -2.45. The van der Waals surface area contributed by atoms with Crippen LogP contribution in [0.3, 0.4) is 0 Å². The highest BCUT2D eigenvalue weighted by Gasteiger charge is 2.25. The molecular formula is C14H27NO3. The first kappa shape index (κ1) is 15.6. The van der Waals surface area contributed by atoms with E-state index >= 15 is 0 Å². The number of ketones is 1. The summed E-state index contributed by atoms with van der Waals surface area (Å²) in [5.74, 6) is 0.236. The zero-order valence-corrected chi connectivity index (χ0v) is 11.9. The van der Waals surface area contributed by atoms with E-state index in [1.807, 2.05) is 13.8 Å². The van der Waals surface area contributed by atoms with Crippen molar-refractivity contribution in [3.8, 4) is 0 Å². The van der Waals surface area contributed by atoms with Crippen molar-refractivity contribution in [1.82, 2.24) is 4.90 Å². The smallest absolute Gasteiger partial charge is 0.131 e. The van der Waals surface area contributed by atoms with Crippen LogP contribution in [0.2, 0.25) is 0 Å². The summed E-state index contributed by atoms with van der Waals surface area (Å²) in [5, 5.41) is 9.95. The molecule has 0 aliphatic carbocycles. The van der Waals surface area contributed by atoms with E-state index in [-0.39, 0.29) is 11.9 Å². The maximum Gasteiger partial charge on any atom is 0.131 e. The molecule has 0 aromatic heterocycles. The van der Waals surface area contributed by atoms with E-state index in [0.717, 1.165) is 19.4 Å². The average Bonchev–Trinajstić information content (AvgIpc) is 2.28. The highest BCUT2D eigenvalue weighted by atomic mass is 16.5. The number of aliphatic hydroxyl groups excluding tert-OH is 1. The molecule has 0 bridgehead atoms. The van der Waals surface area contributed by atoms with Gasteiger partial charge in [-0.05, 0) is 40.2 Å². The van der Waals surface area contributed by atoms with Gasteiger partial charge in [-0.1, -0.05) is 6.42 Å². The van der Waals surface area contributed by atoms with E-state index in [4.69, 9.17) is 4.74 Å². The molecule has 0 amide bonds. The summed E-state index contributed by atoms with van der Waals surface area (Å²) >= 11 is 0. The quantitative estimate of drug-likeness (QED) is 0.753. The molecule has 0 aromatic carbocycles. The lowest BCUT2D eigenvalue weighted by atomic mass is 9.97. The first-order chi connectivity index (χ1) is 8.49. The van der Waals surface area contributed by atoms with E-state index in [2.05, 4.69) is 4.90 Å². The maximum absolute atomic E-state index is 11.2. The lowest BCUT2D eigenvalue weighted by molar-refractivity contribution is -0.118. The number of carbonyl (C=O) groups is 1. The molecule has 18 heavy (non-hydrogen) atoms. The summed E-state index contributed by atoms with van der Waals surface area (Å²) < 4.78 is 5.42. The first-order valence-corrected chi connectivity index (χ1v) is 7.02. The van der Waals surface area contributed by atoms with Crippen molar-refractivity contribution in [1.29, 1.82) is 0 Å². The fourth-order valence-electron chi connectivity index (χ4n) is 2.49. The molecule has 1 aliphatic heterocycles. The Kier molecular flexibility index (Phi) is 6.82. The van der Waals surface area contributed by atoms with Crippen molar-refractivity contribution in [2.45, 2.75) is 64.7 Å². The van der Waals surface area contributed by atoms with Gasteiger partial charge >= 0.3 is 0 Å². The third kappa shape index (κ3) is 5.94. The highest BCUT2D eigenvalue weighted by molar-refractivity contribution is 5.76. The van der Waals surface area contributed by atoms with Crippen LogP contribution in [-0.2, 0) is 9.53 Å². The van der Waals surface area contributed by atoms with E-state index < -0.39 is 6.10 Å². The van der Waals surface area contributed by atoms with Gasteiger partial charge in [0.1, 0.15) is 5.78 Å². The van der Waals surface area contributed by atoms with Gasteiger partial charge < -0.3 is 9.84 Å². The number of hydrogen-bond acceptors (Lipinski definition) is 4. The van der Waals surface area contributed by atoms with Gasteiger partial charge in [0.25, 0.3) is 0 Å². The van der Waals surface area contributed by atoms with Crippen LogP contribution >= 0.6 is 0 Å². The summed E-state index contributed by atoms with van der Waals surface area (Å²) in [6, 6.07) is 0.310. The standard InChI is InChI=1S/C14H27NO3/c1-11(2)18-10-14(17)9-15-7-5-4-6-13(15)8-12(3)16/h11,13-14,17H,4-10H2,1-3H3. The van der Waals surface area contributed by atoms with E-state index in [1.54, 1.807) is 6.92 Å². The van der Waals surface area contributed by atoms with Crippen LogP contribution in [0, 0.1) is 0 Å². The van der Waals surface area contributed by atoms with Crippen molar-refractivity contribution >= 4 is 5.78 Å². The Bertz CT molecular complexity index is 255. The molecule has 1 heterocycles. The zero-order chi connectivity index (χ0) is 13.5. The molecule has 0 saturated carbocycles.